The molecule has 57 heavy (non-hydrogen) atoms. The number of nitrogens with zero attached hydrogens (tertiary/aromatic N) is 3. The monoisotopic (exact) mass is 787 g/mol. The summed E-state index contributed by atoms with van der Waals surface area (Å²) in [5.74, 6) is 0.235. The molecule has 0 amide bonds. The lowest BCUT2D eigenvalue weighted by molar-refractivity contribution is -0.255. The molecule has 3 N–H and O–H groups in total. The lowest BCUT2D eigenvalue weighted by Gasteiger charge is -2.71. The average Bonchev–Trinajstić information content (AvgIpc) is 3.63. The maximum absolute atomic E-state index is 13.7. The Morgan fingerprint density at radius 1 is 1.05 bits per heavy atom. The Morgan fingerprint density at radius 3 is 2.42 bits per heavy atom. The number of carbonyl (C=O) groups excluding carboxylic acids is 1. The van der Waals surface area contributed by atoms with Crippen molar-refractivity contribution in [2.45, 2.75) is 132 Å². The Balaban J connectivity index is 1.41. The van der Waals surface area contributed by atoms with E-state index in [-0.39, 0.29) is 51.6 Å². The Morgan fingerprint density at radius 2 is 1.77 bits per heavy atom. The number of methoxy groups -OCH3 is 1. The Kier molecular flexibility index (Phi) is 10.3. The van der Waals surface area contributed by atoms with Crippen molar-refractivity contribution in [1.29, 1.82) is 0 Å². The van der Waals surface area contributed by atoms with E-state index in [1.165, 1.54) is 12.7 Å². The van der Waals surface area contributed by atoms with Gasteiger partial charge in [-0.2, -0.15) is 5.10 Å². The Bertz CT molecular complexity index is 1910. The number of hydrogen-bond acceptors (Lipinski definition) is 8. The summed E-state index contributed by atoms with van der Waals surface area (Å²) in [5.41, 5.74) is 7.18. The fraction of sp³-hybridized carbons (Fsp3) is 0.745. The highest BCUT2D eigenvalue weighted by Gasteiger charge is 2.73. The minimum atomic E-state index is -0.658. The normalized spacial score (nSPS) is 39.2. The van der Waals surface area contributed by atoms with Crippen LogP contribution in [0.4, 0.5) is 0 Å². The fourth-order valence-corrected chi connectivity index (χ4v) is 13.2. The number of rotatable bonds is 9. The van der Waals surface area contributed by atoms with Crippen molar-refractivity contribution >= 4 is 11.9 Å². The highest BCUT2D eigenvalue weighted by molar-refractivity contribution is 5.90. The van der Waals surface area contributed by atoms with Crippen LogP contribution >= 0.6 is 0 Å². The Hall–Kier alpha value is -3.08. The van der Waals surface area contributed by atoms with Crippen LogP contribution in [-0.4, -0.2) is 70.4 Å². The molecule has 2 heterocycles. The molecule has 314 valence electrons. The van der Waals surface area contributed by atoms with Gasteiger partial charge in [-0.1, -0.05) is 93.0 Å². The van der Waals surface area contributed by atoms with E-state index >= 15 is 0 Å². The lowest BCUT2D eigenvalue weighted by atomic mass is 9.34. The zero-order valence-corrected chi connectivity index (χ0v) is 36.8. The second-order valence-corrected chi connectivity index (χ2v) is 21.6. The molecule has 4 fully saturated rings. The number of nitrogens with two attached hydrogens (primary N) is 1. The number of hydrogen-bond donors (Lipinski definition) is 2. The molecule has 1 saturated heterocycles. The summed E-state index contributed by atoms with van der Waals surface area (Å²) in [5, 5.41) is 16.2. The first kappa shape index (κ1) is 42.1. The topological polar surface area (TPSA) is 139 Å². The van der Waals surface area contributed by atoms with Gasteiger partial charge in [-0.3, -0.25) is 4.79 Å². The summed E-state index contributed by atoms with van der Waals surface area (Å²) in [6, 6.07) is 7.18. The zero-order chi connectivity index (χ0) is 41.7. The molecule has 4 aliphatic carbocycles. The van der Waals surface area contributed by atoms with E-state index in [0.717, 1.165) is 37.7 Å². The molecule has 2 bridgehead atoms. The quantitative estimate of drug-likeness (QED) is 0.188. The zero-order valence-electron chi connectivity index (χ0n) is 36.8. The van der Waals surface area contributed by atoms with Gasteiger partial charge < -0.3 is 25.1 Å². The van der Waals surface area contributed by atoms with Gasteiger partial charge in [0.15, 0.2) is 5.82 Å². The molecule has 10 heteroatoms. The van der Waals surface area contributed by atoms with Gasteiger partial charge >= 0.3 is 11.9 Å². The first-order valence-electron chi connectivity index (χ1n) is 21.5. The number of aliphatic carboxylic acids is 1. The summed E-state index contributed by atoms with van der Waals surface area (Å²) < 4.78 is 21.4. The maximum atomic E-state index is 13.7. The summed E-state index contributed by atoms with van der Waals surface area (Å²) in [7, 11) is 1.39. The largest absolute Gasteiger partial charge is 0.481 e. The van der Waals surface area contributed by atoms with Gasteiger partial charge in [0.25, 0.3) is 0 Å². The number of carboxylic acid groups (broad SMARTS) is 1. The molecule has 1 aromatic heterocycles. The molecule has 12 atom stereocenters. The molecular formula is C47H70N4O6. The number of fused-ring (bicyclic) bond motifs is 3. The predicted octanol–water partition coefficient (Wildman–Crippen LogP) is 9.01. The second kappa shape index (κ2) is 14.0. The van der Waals surface area contributed by atoms with Crippen molar-refractivity contribution in [3.05, 3.63) is 47.8 Å². The van der Waals surface area contributed by atoms with E-state index in [1.54, 1.807) is 12.4 Å². The number of carboxylic acids is 1. The molecule has 1 aliphatic heterocycles. The third kappa shape index (κ3) is 6.10. The van der Waals surface area contributed by atoms with Crippen LogP contribution in [0.2, 0.25) is 0 Å². The van der Waals surface area contributed by atoms with Crippen molar-refractivity contribution in [1.82, 2.24) is 14.8 Å². The van der Waals surface area contributed by atoms with Crippen LogP contribution in [0.15, 0.2) is 42.2 Å². The van der Waals surface area contributed by atoms with Crippen LogP contribution in [-0.2, 0) is 19.0 Å². The molecule has 7 rings (SSSR count). The summed E-state index contributed by atoms with van der Waals surface area (Å²) in [6.07, 6.45) is 9.08. The third-order valence-electron chi connectivity index (χ3n) is 17.7. The standard InChI is InChI=1S/C47H70N4O6/c1-28(2)29(3)43(8)20-21-44(9)32-16-17-35-42(7)23-34(51-38(49-27-50-51)30-14-13-15-31(22-30)40(54)55-12)37(57-25-46(11,48)41(4,5)6)47(35,26-56-24-42)33(32)18-19-45(44,10)36(43)39(52)53/h13-15,18,22,27-29,32,34-37H,16-17,19-21,23-26,48H2,1-12H3,(H,52,53)/t29-,32+,34-,35-,36-,37+,42-,43-,44-,45+,46+,47+/m1/s1. The number of benzene rings is 1. The van der Waals surface area contributed by atoms with Crippen LogP contribution in [0, 0.1) is 62.1 Å². The summed E-state index contributed by atoms with van der Waals surface area (Å²) in [4.78, 5) is 31.2. The van der Waals surface area contributed by atoms with E-state index in [9.17, 15) is 14.7 Å². The van der Waals surface area contributed by atoms with Crippen molar-refractivity contribution in [2.75, 3.05) is 26.9 Å². The Labute approximate surface area is 341 Å². The van der Waals surface area contributed by atoms with Gasteiger partial charge in [0.2, 0.25) is 0 Å². The highest BCUT2D eigenvalue weighted by atomic mass is 16.5. The van der Waals surface area contributed by atoms with Gasteiger partial charge in [-0.25, -0.2) is 14.5 Å². The van der Waals surface area contributed by atoms with Crippen LogP contribution < -0.4 is 5.73 Å². The molecule has 0 radical (unpaired) electrons. The minimum Gasteiger partial charge on any atom is -0.481 e. The molecular weight excluding hydrogens is 717 g/mol. The molecule has 0 spiro atoms. The van der Waals surface area contributed by atoms with Crippen LogP contribution in [0.25, 0.3) is 11.4 Å². The molecule has 5 aliphatic rings. The van der Waals surface area contributed by atoms with Crippen LogP contribution in [0.5, 0.6) is 0 Å². The van der Waals surface area contributed by atoms with Crippen LogP contribution in [0.1, 0.15) is 131 Å². The first-order valence-corrected chi connectivity index (χ1v) is 21.5. The number of allylic oxidation sites excluding steroid dienone is 1. The smallest absolute Gasteiger partial charge is 0.337 e. The molecule has 10 nitrogen and oxygen atoms in total. The first-order chi connectivity index (χ1) is 26.5. The number of carbonyl (C=O) groups is 2. The number of aromatic nitrogens is 3. The highest BCUT2D eigenvalue weighted by Crippen LogP contribution is 2.75. The van der Waals surface area contributed by atoms with E-state index in [2.05, 4.69) is 82.2 Å². The van der Waals surface area contributed by atoms with Gasteiger partial charge in [-0.15, -0.1) is 0 Å². The van der Waals surface area contributed by atoms with Gasteiger partial charge in [0, 0.05) is 16.5 Å². The van der Waals surface area contributed by atoms with Crippen molar-refractivity contribution in [2.24, 2.45) is 67.8 Å². The summed E-state index contributed by atoms with van der Waals surface area (Å²) in [6.45, 7) is 26.2. The number of ether oxygens (including phenoxy) is 3. The van der Waals surface area contributed by atoms with E-state index in [4.69, 9.17) is 30.0 Å². The predicted molar refractivity (Wildman–Crippen MR) is 221 cm³/mol. The fourth-order valence-electron chi connectivity index (χ4n) is 13.2. The van der Waals surface area contributed by atoms with Gasteiger partial charge in [0.05, 0.1) is 50.6 Å². The number of esters is 1. The lowest BCUT2D eigenvalue weighted by Crippen LogP contribution is -2.70. The minimum absolute atomic E-state index is 0.169. The van der Waals surface area contributed by atoms with Crippen molar-refractivity contribution in [3.8, 4) is 11.4 Å². The molecule has 3 saturated carbocycles. The molecule has 2 aromatic rings. The van der Waals surface area contributed by atoms with Crippen molar-refractivity contribution < 1.29 is 28.9 Å². The molecule has 1 aromatic carbocycles. The molecule has 0 unspecified atom stereocenters. The third-order valence-corrected chi connectivity index (χ3v) is 17.7. The average molecular weight is 787 g/mol. The SMILES string of the molecule is COC(=O)c1cccc(-c2ncnn2[C@@H]2C[C@]3(C)COC[C@@]4(C5=CC[C@@]6(C)[C@H](C(=O)O)[C@@](C)([C@H](C)C(C)C)CC[C@]6(C)[C@H]5CC[C@H]34)[C@H]2OC[C@](C)(N)C(C)(C)C)c1. The second-order valence-electron chi connectivity index (χ2n) is 21.6. The van der Waals surface area contributed by atoms with Gasteiger partial charge in [-0.05, 0) is 108 Å². The van der Waals surface area contributed by atoms with Crippen molar-refractivity contribution in [3.63, 3.8) is 0 Å². The van der Waals surface area contributed by atoms with E-state index in [1.807, 2.05) is 22.9 Å². The maximum Gasteiger partial charge on any atom is 0.337 e. The van der Waals surface area contributed by atoms with Crippen LogP contribution in [0.3, 0.4) is 0 Å². The van der Waals surface area contributed by atoms with E-state index in [0.29, 0.717) is 43.5 Å². The summed E-state index contributed by atoms with van der Waals surface area (Å²) >= 11 is 0. The van der Waals surface area contributed by atoms with E-state index < -0.39 is 34.2 Å². The van der Waals surface area contributed by atoms with Gasteiger partial charge in [0.1, 0.15) is 6.33 Å².